The van der Waals surface area contributed by atoms with Crippen molar-refractivity contribution in [3.8, 4) is 17.6 Å². The number of benzene rings is 1. The Morgan fingerprint density at radius 1 is 1.56 bits per heavy atom. The monoisotopic (exact) mass is 287 g/mol. The average molecular weight is 288 g/mol. The fraction of sp³-hybridized carbons (Fsp3) is 0.364. The van der Waals surface area contributed by atoms with Crippen molar-refractivity contribution >= 4 is 15.9 Å². The predicted molar refractivity (Wildman–Crippen MR) is 61.0 cm³/mol. The summed E-state index contributed by atoms with van der Waals surface area (Å²) in [4.78, 5) is 0. The maximum Gasteiger partial charge on any atom is 0.149 e. The molecule has 1 N–H and O–H groups in total. The van der Waals surface area contributed by atoms with Gasteiger partial charge in [-0.3, -0.25) is 0 Å². The van der Waals surface area contributed by atoms with E-state index in [4.69, 9.17) is 10.00 Å². The van der Waals surface area contributed by atoms with Gasteiger partial charge in [-0.25, -0.2) is 4.39 Å². The zero-order valence-corrected chi connectivity index (χ0v) is 10.7. The molecule has 1 aromatic carbocycles. The van der Waals surface area contributed by atoms with Gasteiger partial charge >= 0.3 is 0 Å². The lowest BCUT2D eigenvalue weighted by Crippen LogP contribution is -2.17. The fourth-order valence-electron chi connectivity index (χ4n) is 1.39. The van der Waals surface area contributed by atoms with Gasteiger partial charge in [0.25, 0.3) is 0 Å². The van der Waals surface area contributed by atoms with Crippen LogP contribution in [0.15, 0.2) is 10.5 Å². The quantitative estimate of drug-likeness (QED) is 0.909. The second-order valence-electron chi connectivity index (χ2n) is 3.84. The number of hydrogen-bond donors (Lipinski definition) is 1. The molecule has 0 aliphatic heterocycles. The summed E-state index contributed by atoms with van der Waals surface area (Å²) in [6, 6.07) is 3.22. The zero-order chi connectivity index (χ0) is 12.5. The van der Waals surface area contributed by atoms with Crippen molar-refractivity contribution in [2.75, 3.05) is 7.11 Å². The van der Waals surface area contributed by atoms with Crippen LogP contribution in [0.5, 0.6) is 11.5 Å². The molecule has 1 aromatic rings. The van der Waals surface area contributed by atoms with Gasteiger partial charge in [0.1, 0.15) is 17.3 Å². The largest absolute Gasteiger partial charge is 0.507 e. The summed E-state index contributed by atoms with van der Waals surface area (Å²) < 4.78 is 18.9. The minimum atomic E-state index is -1.11. The molecule has 0 spiro atoms. The van der Waals surface area contributed by atoms with Gasteiger partial charge in [-0.2, -0.15) is 5.26 Å². The van der Waals surface area contributed by atoms with E-state index in [1.807, 2.05) is 6.07 Å². The smallest absolute Gasteiger partial charge is 0.149 e. The number of aromatic hydroxyl groups is 1. The lowest BCUT2D eigenvalue weighted by Gasteiger charge is -2.20. The van der Waals surface area contributed by atoms with Gasteiger partial charge in [-0.15, -0.1) is 0 Å². The third-order valence-corrected chi connectivity index (χ3v) is 3.02. The van der Waals surface area contributed by atoms with Crippen LogP contribution in [0.2, 0.25) is 0 Å². The van der Waals surface area contributed by atoms with E-state index in [1.54, 1.807) is 0 Å². The van der Waals surface area contributed by atoms with Crippen molar-refractivity contribution in [3.63, 3.8) is 0 Å². The van der Waals surface area contributed by atoms with E-state index in [-0.39, 0.29) is 21.5 Å². The van der Waals surface area contributed by atoms with E-state index in [0.29, 0.717) is 0 Å². The number of phenolic OH excluding ortho intramolecular Hbond substituents is 1. The molecule has 0 fully saturated rings. The van der Waals surface area contributed by atoms with Crippen molar-refractivity contribution in [1.29, 1.82) is 5.26 Å². The maximum atomic E-state index is 14.0. The highest BCUT2D eigenvalue weighted by Gasteiger charge is 2.30. The van der Waals surface area contributed by atoms with Gasteiger partial charge in [0.2, 0.25) is 0 Å². The third-order valence-electron chi connectivity index (χ3n) is 2.28. The van der Waals surface area contributed by atoms with Gasteiger partial charge in [0.15, 0.2) is 0 Å². The SMILES string of the molecule is COc1cc(O)c(C(C)(C)C#N)c(F)c1Br. The predicted octanol–water partition coefficient (Wildman–Crippen LogP) is 3.10. The number of hydrogen-bond acceptors (Lipinski definition) is 3. The van der Waals surface area contributed by atoms with E-state index in [9.17, 15) is 9.50 Å². The summed E-state index contributed by atoms with van der Waals surface area (Å²) >= 11 is 3.03. The number of methoxy groups -OCH3 is 1. The Kier molecular flexibility index (Phi) is 3.44. The number of nitrogens with zero attached hydrogens (tertiary/aromatic N) is 1. The summed E-state index contributed by atoms with van der Waals surface area (Å²) in [6.45, 7) is 3.06. The van der Waals surface area contributed by atoms with Gasteiger partial charge in [0.05, 0.1) is 28.6 Å². The highest BCUT2D eigenvalue weighted by molar-refractivity contribution is 9.10. The van der Waals surface area contributed by atoms with Gasteiger partial charge in [0, 0.05) is 6.07 Å². The van der Waals surface area contributed by atoms with Gasteiger partial charge in [-0.05, 0) is 29.8 Å². The van der Waals surface area contributed by atoms with Crippen molar-refractivity contribution < 1.29 is 14.2 Å². The molecule has 0 aliphatic rings. The molecule has 0 aliphatic carbocycles. The van der Waals surface area contributed by atoms with Crippen LogP contribution in [-0.2, 0) is 5.41 Å². The molecule has 0 unspecified atom stereocenters. The second kappa shape index (κ2) is 4.30. The molecule has 0 saturated heterocycles. The molecule has 16 heavy (non-hydrogen) atoms. The molecular weight excluding hydrogens is 277 g/mol. The van der Waals surface area contributed by atoms with Crippen LogP contribution in [0.3, 0.4) is 0 Å². The summed E-state index contributed by atoms with van der Waals surface area (Å²) in [5.74, 6) is -0.778. The van der Waals surface area contributed by atoms with Crippen LogP contribution in [0.1, 0.15) is 19.4 Å². The molecular formula is C11H11BrFNO2. The molecule has 1 rings (SSSR count). The molecule has 0 atom stereocenters. The van der Waals surface area contributed by atoms with E-state index in [1.165, 1.54) is 27.0 Å². The Hall–Kier alpha value is -1.28. The van der Waals surface area contributed by atoms with Crippen LogP contribution >= 0.6 is 15.9 Å². The molecule has 0 heterocycles. The molecule has 0 saturated carbocycles. The van der Waals surface area contributed by atoms with Crippen molar-refractivity contribution in [2.24, 2.45) is 0 Å². The van der Waals surface area contributed by atoms with Crippen molar-refractivity contribution in [2.45, 2.75) is 19.3 Å². The highest BCUT2D eigenvalue weighted by Crippen LogP contribution is 2.41. The Bertz CT molecular complexity index is 466. The van der Waals surface area contributed by atoms with E-state index >= 15 is 0 Å². The van der Waals surface area contributed by atoms with Crippen LogP contribution in [-0.4, -0.2) is 12.2 Å². The number of ether oxygens (including phenoxy) is 1. The zero-order valence-electron chi connectivity index (χ0n) is 9.14. The van der Waals surface area contributed by atoms with Gasteiger partial charge in [-0.1, -0.05) is 0 Å². The van der Waals surface area contributed by atoms with E-state index in [0.717, 1.165) is 0 Å². The average Bonchev–Trinajstić information content (AvgIpc) is 2.23. The topological polar surface area (TPSA) is 53.2 Å². The maximum absolute atomic E-state index is 14.0. The standard InChI is InChI=1S/C11H11BrFNO2/c1-11(2,5-14)8-6(15)4-7(16-3)9(12)10(8)13/h4,15H,1-3H3. The molecule has 86 valence electrons. The number of rotatable bonds is 2. The van der Waals surface area contributed by atoms with E-state index < -0.39 is 11.2 Å². The molecule has 0 bridgehead atoms. The minimum Gasteiger partial charge on any atom is -0.507 e. The third kappa shape index (κ3) is 1.98. The van der Waals surface area contributed by atoms with Crippen LogP contribution in [0.25, 0.3) is 0 Å². The Morgan fingerprint density at radius 3 is 2.56 bits per heavy atom. The summed E-state index contributed by atoms with van der Waals surface area (Å²) in [5, 5.41) is 18.6. The van der Waals surface area contributed by atoms with Crippen LogP contribution in [0, 0.1) is 17.1 Å². The number of nitriles is 1. The lowest BCUT2D eigenvalue weighted by atomic mass is 9.85. The first-order valence-electron chi connectivity index (χ1n) is 4.51. The molecule has 3 nitrogen and oxygen atoms in total. The van der Waals surface area contributed by atoms with E-state index in [2.05, 4.69) is 15.9 Å². The normalized spacial score (nSPS) is 11.0. The van der Waals surface area contributed by atoms with Gasteiger partial charge < -0.3 is 9.84 Å². The summed E-state index contributed by atoms with van der Waals surface area (Å²) in [5.41, 5.74) is -1.15. The molecule has 0 aromatic heterocycles. The van der Waals surface area contributed by atoms with Crippen LogP contribution in [0.4, 0.5) is 4.39 Å². The Morgan fingerprint density at radius 2 is 2.12 bits per heavy atom. The molecule has 5 heteroatoms. The minimum absolute atomic E-state index is 0.0392. The molecule has 0 amide bonds. The number of phenols is 1. The first-order valence-corrected chi connectivity index (χ1v) is 5.31. The second-order valence-corrected chi connectivity index (χ2v) is 4.63. The number of halogens is 2. The Balaban J connectivity index is 3.56. The lowest BCUT2D eigenvalue weighted by molar-refractivity contribution is 0.391. The highest BCUT2D eigenvalue weighted by atomic mass is 79.9. The van der Waals surface area contributed by atoms with Crippen molar-refractivity contribution in [3.05, 3.63) is 21.9 Å². The summed E-state index contributed by atoms with van der Waals surface area (Å²) in [6.07, 6.45) is 0. The van der Waals surface area contributed by atoms with Crippen LogP contribution < -0.4 is 4.74 Å². The first kappa shape index (κ1) is 12.8. The Labute approximate surface area is 102 Å². The first-order chi connectivity index (χ1) is 7.35. The fourth-order valence-corrected chi connectivity index (χ4v) is 1.86. The molecule has 0 radical (unpaired) electrons. The summed E-state index contributed by atoms with van der Waals surface area (Å²) in [7, 11) is 1.37. The van der Waals surface area contributed by atoms with Crippen molar-refractivity contribution in [1.82, 2.24) is 0 Å².